The first kappa shape index (κ1) is 29.9. The molecule has 2 aliphatic heterocycles. The van der Waals surface area contributed by atoms with Gasteiger partial charge in [0.2, 0.25) is 0 Å². The van der Waals surface area contributed by atoms with Crippen molar-refractivity contribution in [1.82, 2.24) is 0 Å². The minimum absolute atomic E-state index is 0. The van der Waals surface area contributed by atoms with Crippen molar-refractivity contribution in [2.75, 3.05) is 26.9 Å². The number of aliphatic hydroxyl groups is 2. The first-order chi connectivity index (χ1) is 15.7. The molecule has 2 aliphatic rings. The van der Waals surface area contributed by atoms with Gasteiger partial charge in [0.05, 0.1) is 26.9 Å². The fourth-order valence-corrected chi connectivity index (χ4v) is 3.86. The number of aliphatic hydroxyl groups excluding tert-OH is 2. The van der Waals surface area contributed by atoms with E-state index in [1.54, 1.807) is 13.0 Å². The molecule has 0 amide bonds. The van der Waals surface area contributed by atoms with Crippen LogP contribution in [0.2, 0.25) is 0 Å². The fourth-order valence-electron chi connectivity index (χ4n) is 3.86. The zero-order valence-corrected chi connectivity index (χ0v) is 19.3. The van der Waals surface area contributed by atoms with Crippen LogP contribution in [0.4, 0.5) is 0 Å². The number of fused-ring (bicyclic) bond motifs is 2. The van der Waals surface area contributed by atoms with Crippen molar-refractivity contribution in [3.8, 4) is 11.5 Å². The van der Waals surface area contributed by atoms with Gasteiger partial charge in [0, 0.05) is 12.8 Å². The molecule has 0 saturated heterocycles. The average molecular weight is 491 g/mol. The summed E-state index contributed by atoms with van der Waals surface area (Å²) in [5, 5.41) is 18.3. The predicted octanol–water partition coefficient (Wildman–Crippen LogP) is 3.33. The lowest BCUT2D eigenvalue weighted by molar-refractivity contribution is -0.176. The van der Waals surface area contributed by atoms with Crippen molar-refractivity contribution >= 4 is 11.9 Å². The van der Waals surface area contributed by atoms with Gasteiger partial charge in [-0.3, -0.25) is 0 Å². The Kier molecular flexibility index (Phi) is 10.3. The lowest BCUT2D eigenvalue weighted by atomic mass is 9.97. The van der Waals surface area contributed by atoms with Crippen LogP contribution in [0.15, 0.2) is 36.4 Å². The van der Waals surface area contributed by atoms with Gasteiger partial charge >= 0.3 is 17.5 Å². The molecule has 2 aromatic rings. The largest absolute Gasteiger partial charge is 0.482 e. The second-order valence-corrected chi connectivity index (χ2v) is 8.32. The molecule has 1 unspecified atom stereocenters. The molecule has 2 N–H and O–H groups in total. The molecule has 2 heterocycles. The predicted molar refractivity (Wildman–Crippen MR) is 133 cm³/mol. The van der Waals surface area contributed by atoms with E-state index in [1.807, 2.05) is 44.2 Å². The number of methoxy groups -OCH3 is 1. The van der Waals surface area contributed by atoms with Crippen LogP contribution in [0, 0.1) is 13.8 Å². The normalized spacial score (nSPS) is 18.1. The molecule has 0 aromatic heterocycles. The Morgan fingerprint density at radius 3 is 1.89 bits per heavy atom. The summed E-state index contributed by atoms with van der Waals surface area (Å²) in [6, 6.07) is 11.5. The minimum atomic E-state index is -1.71. The van der Waals surface area contributed by atoms with E-state index in [1.165, 1.54) is 7.11 Å². The first-order valence-corrected chi connectivity index (χ1v) is 10.8. The highest BCUT2D eigenvalue weighted by atomic mass is 16.6. The number of benzene rings is 2. The highest BCUT2D eigenvalue weighted by Crippen LogP contribution is 2.37. The topological polar surface area (TPSA) is 112 Å². The van der Waals surface area contributed by atoms with Crippen molar-refractivity contribution in [1.29, 1.82) is 0 Å². The Hall–Kier alpha value is -3.10. The Bertz CT molecular complexity index is 1030. The molecule has 194 valence electrons. The van der Waals surface area contributed by atoms with E-state index in [-0.39, 0.29) is 41.1 Å². The number of carbonyl (C=O) groups is 2. The van der Waals surface area contributed by atoms with E-state index in [4.69, 9.17) is 18.9 Å². The number of ether oxygens (including phenoxy) is 4. The van der Waals surface area contributed by atoms with Crippen LogP contribution >= 0.6 is 0 Å². The van der Waals surface area contributed by atoms with Crippen molar-refractivity contribution in [3.05, 3.63) is 58.7 Å². The van der Waals surface area contributed by atoms with E-state index in [9.17, 15) is 19.8 Å². The third kappa shape index (κ3) is 5.94. The van der Waals surface area contributed by atoms with E-state index in [2.05, 4.69) is 0 Å². The second kappa shape index (κ2) is 12.0. The van der Waals surface area contributed by atoms with E-state index >= 15 is 0 Å². The maximum Gasteiger partial charge on any atom is 0.362 e. The number of rotatable bonds is 5. The summed E-state index contributed by atoms with van der Waals surface area (Å²) in [6.07, 6.45) is 0.712. The van der Waals surface area contributed by atoms with Crippen LogP contribution in [-0.2, 0) is 31.9 Å². The quantitative estimate of drug-likeness (QED) is 0.485. The summed E-state index contributed by atoms with van der Waals surface area (Å²) in [7, 11) is 1.22. The van der Waals surface area contributed by atoms with Crippen molar-refractivity contribution in [2.45, 2.75) is 59.7 Å². The van der Waals surface area contributed by atoms with Gasteiger partial charge in [-0.25, -0.2) is 9.59 Å². The van der Waals surface area contributed by atoms with E-state index in [0.29, 0.717) is 12.2 Å². The standard InChI is InChI=1S/C14H16O5.C11H14O3.2CH4/c1-4-18-13(16)14(12(15)17-3)8-10-6-5-9(2)7-11(10)19-14;1-8-2-3-9-5-11(6-12,7-13)14-10(9)4-8;;/h5-7H,4,8H2,1-3H3;2-4,12-13H,5-7H2,1H3;2*1H4. The molecule has 0 fully saturated rings. The molecule has 0 aliphatic carbocycles. The number of esters is 2. The van der Waals surface area contributed by atoms with Gasteiger partial charge in [0.1, 0.15) is 11.5 Å². The monoisotopic (exact) mass is 490 g/mol. The van der Waals surface area contributed by atoms with Crippen LogP contribution in [0.3, 0.4) is 0 Å². The summed E-state index contributed by atoms with van der Waals surface area (Å²) in [5.41, 5.74) is 1.44. The first-order valence-electron chi connectivity index (χ1n) is 10.8. The highest BCUT2D eigenvalue weighted by molar-refractivity contribution is 6.05. The third-order valence-corrected chi connectivity index (χ3v) is 5.70. The Labute approximate surface area is 207 Å². The molecule has 8 nitrogen and oxygen atoms in total. The van der Waals surface area contributed by atoms with Crippen LogP contribution < -0.4 is 9.47 Å². The molecule has 0 saturated carbocycles. The summed E-state index contributed by atoms with van der Waals surface area (Å²) < 4.78 is 20.8. The zero-order valence-electron chi connectivity index (χ0n) is 19.3. The summed E-state index contributed by atoms with van der Waals surface area (Å²) in [5.74, 6) is -0.137. The maximum atomic E-state index is 12.1. The van der Waals surface area contributed by atoms with Gasteiger partial charge in [0.15, 0.2) is 5.60 Å². The third-order valence-electron chi connectivity index (χ3n) is 5.70. The highest BCUT2D eigenvalue weighted by Gasteiger charge is 2.55. The fraction of sp³-hybridized carbons (Fsp3) is 0.481. The number of carbonyl (C=O) groups excluding carboxylic acids is 2. The van der Waals surface area contributed by atoms with E-state index in [0.717, 1.165) is 28.0 Å². The Morgan fingerprint density at radius 1 is 0.886 bits per heavy atom. The Morgan fingerprint density at radius 2 is 1.40 bits per heavy atom. The summed E-state index contributed by atoms with van der Waals surface area (Å²) in [6.45, 7) is 5.44. The van der Waals surface area contributed by atoms with Crippen LogP contribution in [0.5, 0.6) is 11.5 Å². The lowest BCUT2D eigenvalue weighted by Gasteiger charge is -2.23. The van der Waals surface area contributed by atoms with Gasteiger partial charge in [-0.05, 0) is 55.2 Å². The Balaban J connectivity index is 0.000000344. The van der Waals surface area contributed by atoms with Gasteiger partial charge in [0.25, 0.3) is 0 Å². The molecule has 4 rings (SSSR count). The maximum absolute atomic E-state index is 12.1. The molecular formula is C27H38O8. The smallest absolute Gasteiger partial charge is 0.362 e. The molecule has 8 heteroatoms. The molecule has 0 bridgehead atoms. The molecule has 1 atom stereocenters. The molecule has 35 heavy (non-hydrogen) atoms. The molecule has 0 spiro atoms. The average Bonchev–Trinajstić information content (AvgIpc) is 3.38. The summed E-state index contributed by atoms with van der Waals surface area (Å²) in [4.78, 5) is 24.0. The molecular weight excluding hydrogens is 452 g/mol. The van der Waals surface area contributed by atoms with E-state index < -0.39 is 23.1 Å². The van der Waals surface area contributed by atoms with Crippen LogP contribution in [0.1, 0.15) is 44.0 Å². The van der Waals surface area contributed by atoms with Crippen LogP contribution in [-0.4, -0.2) is 60.3 Å². The van der Waals surface area contributed by atoms with Crippen molar-refractivity contribution in [3.63, 3.8) is 0 Å². The minimum Gasteiger partial charge on any atom is -0.482 e. The SMILES string of the molecule is C.C.CCOC(=O)C1(C(=O)OC)Cc2ccc(C)cc2O1.Cc1ccc2c(c1)OC(CO)(CO)C2. The lowest BCUT2D eigenvalue weighted by Crippen LogP contribution is -2.52. The number of hydrogen-bond acceptors (Lipinski definition) is 8. The number of aryl methyl sites for hydroxylation is 2. The van der Waals surface area contributed by atoms with Crippen LogP contribution in [0.25, 0.3) is 0 Å². The summed E-state index contributed by atoms with van der Waals surface area (Å²) >= 11 is 0. The van der Waals surface area contributed by atoms with Gasteiger partial charge in [-0.1, -0.05) is 39.1 Å². The van der Waals surface area contributed by atoms with Gasteiger partial charge in [-0.2, -0.15) is 0 Å². The number of hydrogen-bond donors (Lipinski definition) is 2. The van der Waals surface area contributed by atoms with Gasteiger partial charge in [-0.15, -0.1) is 0 Å². The molecule has 0 radical (unpaired) electrons. The van der Waals surface area contributed by atoms with Crippen molar-refractivity contribution < 1.29 is 38.7 Å². The van der Waals surface area contributed by atoms with Crippen molar-refractivity contribution in [2.24, 2.45) is 0 Å². The van der Waals surface area contributed by atoms with Gasteiger partial charge < -0.3 is 29.2 Å². The zero-order chi connectivity index (χ0) is 24.2. The second-order valence-electron chi connectivity index (χ2n) is 8.32. The molecule has 2 aromatic carbocycles.